The Balaban J connectivity index is 2.21. The molecule has 1 fully saturated rings. The summed E-state index contributed by atoms with van der Waals surface area (Å²) >= 11 is 0. The van der Waals surface area contributed by atoms with Crippen LogP contribution in [-0.2, 0) is 6.42 Å². The number of rotatable bonds is 3. The monoisotopic (exact) mass is 236 g/mol. The SMILES string of the molecule is CC1CC(C)N(c2ccc(CCN)cc2F)C1. The predicted octanol–water partition coefficient (Wildman–Crippen LogP) is 2.56. The Morgan fingerprint density at radius 2 is 2.18 bits per heavy atom. The van der Waals surface area contributed by atoms with Gasteiger partial charge < -0.3 is 10.6 Å². The van der Waals surface area contributed by atoms with E-state index in [1.54, 1.807) is 6.07 Å². The average molecular weight is 236 g/mol. The number of anilines is 1. The molecule has 0 radical (unpaired) electrons. The quantitative estimate of drug-likeness (QED) is 0.874. The van der Waals surface area contributed by atoms with Gasteiger partial charge in [-0.2, -0.15) is 0 Å². The summed E-state index contributed by atoms with van der Waals surface area (Å²) in [5.74, 6) is 0.532. The fourth-order valence-corrected chi connectivity index (χ4v) is 2.74. The Kier molecular flexibility index (Phi) is 3.67. The second kappa shape index (κ2) is 5.05. The number of hydrogen-bond donors (Lipinski definition) is 1. The first-order chi connectivity index (χ1) is 8.11. The molecule has 1 aliphatic rings. The Bertz CT molecular complexity index is 392. The average Bonchev–Trinajstić information content (AvgIpc) is 2.58. The molecule has 1 aromatic carbocycles. The van der Waals surface area contributed by atoms with E-state index in [0.29, 0.717) is 18.5 Å². The Labute approximate surface area is 103 Å². The second-order valence-corrected chi connectivity index (χ2v) is 5.17. The highest BCUT2D eigenvalue weighted by atomic mass is 19.1. The van der Waals surface area contributed by atoms with Crippen molar-refractivity contribution < 1.29 is 4.39 Å². The second-order valence-electron chi connectivity index (χ2n) is 5.17. The van der Waals surface area contributed by atoms with E-state index in [4.69, 9.17) is 5.73 Å². The van der Waals surface area contributed by atoms with Crippen LogP contribution >= 0.6 is 0 Å². The van der Waals surface area contributed by atoms with Crippen molar-refractivity contribution in [3.63, 3.8) is 0 Å². The van der Waals surface area contributed by atoms with Gasteiger partial charge in [0.25, 0.3) is 0 Å². The van der Waals surface area contributed by atoms with Gasteiger partial charge in [-0.15, -0.1) is 0 Å². The van der Waals surface area contributed by atoms with Gasteiger partial charge in [0.1, 0.15) is 5.82 Å². The standard InChI is InChI=1S/C14H21FN2/c1-10-7-11(2)17(9-10)14-4-3-12(5-6-16)8-13(14)15/h3-4,8,10-11H,5-7,9,16H2,1-2H3. The molecule has 2 atom stereocenters. The van der Waals surface area contributed by atoms with E-state index in [-0.39, 0.29) is 5.82 Å². The van der Waals surface area contributed by atoms with E-state index < -0.39 is 0 Å². The molecule has 0 spiro atoms. The largest absolute Gasteiger partial charge is 0.366 e. The van der Waals surface area contributed by atoms with E-state index in [1.165, 1.54) is 0 Å². The molecule has 2 nitrogen and oxygen atoms in total. The molecule has 0 amide bonds. The van der Waals surface area contributed by atoms with Gasteiger partial charge in [-0.1, -0.05) is 13.0 Å². The summed E-state index contributed by atoms with van der Waals surface area (Å²) in [6, 6.07) is 5.94. The van der Waals surface area contributed by atoms with Crippen LogP contribution < -0.4 is 10.6 Å². The first kappa shape index (κ1) is 12.4. The molecule has 0 aromatic heterocycles. The van der Waals surface area contributed by atoms with E-state index in [2.05, 4.69) is 18.7 Å². The molecule has 0 saturated carbocycles. The number of nitrogens with two attached hydrogens (primary N) is 1. The van der Waals surface area contributed by atoms with Gasteiger partial charge in [0.05, 0.1) is 5.69 Å². The van der Waals surface area contributed by atoms with Gasteiger partial charge in [0.15, 0.2) is 0 Å². The summed E-state index contributed by atoms with van der Waals surface area (Å²) in [5, 5.41) is 0. The maximum atomic E-state index is 14.0. The van der Waals surface area contributed by atoms with Crippen LogP contribution in [0.1, 0.15) is 25.8 Å². The Morgan fingerprint density at radius 1 is 1.41 bits per heavy atom. The van der Waals surface area contributed by atoms with Crippen molar-refractivity contribution in [2.45, 2.75) is 32.7 Å². The summed E-state index contributed by atoms with van der Waals surface area (Å²) in [6.07, 6.45) is 1.88. The third-order valence-electron chi connectivity index (χ3n) is 3.54. The van der Waals surface area contributed by atoms with Crippen LogP contribution in [-0.4, -0.2) is 19.1 Å². The minimum atomic E-state index is -0.114. The molecule has 94 valence electrons. The lowest BCUT2D eigenvalue weighted by Gasteiger charge is -2.24. The fraction of sp³-hybridized carbons (Fsp3) is 0.571. The lowest BCUT2D eigenvalue weighted by atomic mass is 10.1. The van der Waals surface area contributed by atoms with Gasteiger partial charge in [0, 0.05) is 12.6 Å². The zero-order chi connectivity index (χ0) is 12.4. The smallest absolute Gasteiger partial charge is 0.146 e. The Morgan fingerprint density at radius 3 is 2.71 bits per heavy atom. The van der Waals surface area contributed by atoms with E-state index in [1.807, 2.05) is 12.1 Å². The molecule has 1 aliphatic heterocycles. The van der Waals surface area contributed by atoms with Crippen LogP contribution in [0.3, 0.4) is 0 Å². The lowest BCUT2D eigenvalue weighted by molar-refractivity contribution is 0.610. The highest BCUT2D eigenvalue weighted by molar-refractivity contribution is 5.51. The highest BCUT2D eigenvalue weighted by Gasteiger charge is 2.27. The van der Waals surface area contributed by atoms with Gasteiger partial charge in [-0.05, 0) is 49.9 Å². The van der Waals surface area contributed by atoms with E-state index >= 15 is 0 Å². The Hall–Kier alpha value is -1.09. The highest BCUT2D eigenvalue weighted by Crippen LogP contribution is 2.30. The molecule has 1 aromatic rings. The molecule has 2 rings (SSSR count). The molecule has 2 unspecified atom stereocenters. The summed E-state index contributed by atoms with van der Waals surface area (Å²) in [4.78, 5) is 2.17. The molecule has 0 bridgehead atoms. The summed E-state index contributed by atoms with van der Waals surface area (Å²) in [5.41, 5.74) is 7.20. The minimum absolute atomic E-state index is 0.114. The van der Waals surface area contributed by atoms with Crippen LogP contribution in [0.25, 0.3) is 0 Å². The first-order valence-electron chi connectivity index (χ1n) is 6.37. The molecular weight excluding hydrogens is 215 g/mol. The molecule has 3 heteroatoms. The van der Waals surface area contributed by atoms with Gasteiger partial charge in [-0.25, -0.2) is 4.39 Å². The molecule has 0 aliphatic carbocycles. The van der Waals surface area contributed by atoms with Crippen molar-refractivity contribution in [1.82, 2.24) is 0 Å². The van der Waals surface area contributed by atoms with Crippen LogP contribution in [0.4, 0.5) is 10.1 Å². The van der Waals surface area contributed by atoms with Crippen molar-refractivity contribution in [2.24, 2.45) is 11.7 Å². The summed E-state index contributed by atoms with van der Waals surface area (Å²) in [6.45, 7) is 5.90. The zero-order valence-electron chi connectivity index (χ0n) is 10.6. The number of benzene rings is 1. The predicted molar refractivity (Wildman–Crippen MR) is 69.7 cm³/mol. The van der Waals surface area contributed by atoms with Crippen molar-refractivity contribution in [1.29, 1.82) is 0 Å². The van der Waals surface area contributed by atoms with Gasteiger partial charge >= 0.3 is 0 Å². The van der Waals surface area contributed by atoms with Crippen LogP contribution in [0.2, 0.25) is 0 Å². The lowest BCUT2D eigenvalue weighted by Crippen LogP contribution is -2.27. The third-order valence-corrected chi connectivity index (χ3v) is 3.54. The number of hydrogen-bond acceptors (Lipinski definition) is 2. The fourth-order valence-electron chi connectivity index (χ4n) is 2.74. The van der Waals surface area contributed by atoms with Crippen molar-refractivity contribution in [3.8, 4) is 0 Å². The molecule has 17 heavy (non-hydrogen) atoms. The van der Waals surface area contributed by atoms with Crippen LogP contribution in [0, 0.1) is 11.7 Å². The maximum Gasteiger partial charge on any atom is 0.146 e. The maximum absolute atomic E-state index is 14.0. The topological polar surface area (TPSA) is 29.3 Å². The zero-order valence-corrected chi connectivity index (χ0v) is 10.6. The molecule has 1 saturated heterocycles. The van der Waals surface area contributed by atoms with Gasteiger partial charge in [-0.3, -0.25) is 0 Å². The summed E-state index contributed by atoms with van der Waals surface area (Å²) < 4.78 is 14.0. The molecule has 1 heterocycles. The van der Waals surface area contributed by atoms with Crippen molar-refractivity contribution >= 4 is 5.69 Å². The van der Waals surface area contributed by atoms with Gasteiger partial charge in [0.2, 0.25) is 0 Å². The normalized spacial score (nSPS) is 24.4. The van der Waals surface area contributed by atoms with Crippen molar-refractivity contribution in [2.75, 3.05) is 18.0 Å². The molecule has 2 N–H and O–H groups in total. The number of halogens is 1. The van der Waals surface area contributed by atoms with Crippen LogP contribution in [0.15, 0.2) is 18.2 Å². The first-order valence-corrected chi connectivity index (χ1v) is 6.37. The third kappa shape index (κ3) is 2.60. The van der Waals surface area contributed by atoms with Crippen molar-refractivity contribution in [3.05, 3.63) is 29.6 Å². The van der Waals surface area contributed by atoms with E-state index in [9.17, 15) is 4.39 Å². The minimum Gasteiger partial charge on any atom is -0.366 e. The van der Waals surface area contributed by atoms with Crippen LogP contribution in [0.5, 0.6) is 0 Å². The van der Waals surface area contributed by atoms with E-state index in [0.717, 1.165) is 30.6 Å². The number of nitrogens with zero attached hydrogens (tertiary/aromatic N) is 1. The molecular formula is C14H21FN2. The summed E-state index contributed by atoms with van der Waals surface area (Å²) in [7, 11) is 0.